The van der Waals surface area contributed by atoms with E-state index in [1.807, 2.05) is 6.07 Å². The second-order valence-corrected chi connectivity index (χ2v) is 4.19. The van der Waals surface area contributed by atoms with Crippen molar-refractivity contribution >= 4 is 17.6 Å². The molecule has 3 heteroatoms. The molecule has 0 amide bonds. The van der Waals surface area contributed by atoms with E-state index in [1.54, 1.807) is 6.07 Å². The number of carboxylic acid groups (broad SMARTS) is 1. The van der Waals surface area contributed by atoms with Gasteiger partial charge in [-0.2, -0.15) is 0 Å². The van der Waals surface area contributed by atoms with E-state index in [0.717, 1.165) is 12.0 Å². The Labute approximate surface area is 88.5 Å². The number of rotatable bonds is 3. The molecule has 0 aliphatic carbocycles. The molecule has 1 aromatic carbocycles. The molecule has 0 aliphatic heterocycles. The van der Waals surface area contributed by atoms with Crippen LogP contribution in [0.25, 0.3) is 0 Å². The van der Waals surface area contributed by atoms with Gasteiger partial charge in [0.2, 0.25) is 0 Å². The molecule has 2 nitrogen and oxygen atoms in total. The van der Waals surface area contributed by atoms with Crippen LogP contribution >= 0.6 is 11.6 Å². The molecule has 0 fully saturated rings. The van der Waals surface area contributed by atoms with Crippen LogP contribution in [0, 0.1) is 5.92 Å². The molecule has 0 atom stereocenters. The lowest BCUT2D eigenvalue weighted by Crippen LogP contribution is -2.00. The summed E-state index contributed by atoms with van der Waals surface area (Å²) in [6.07, 6.45) is 0.848. The lowest BCUT2D eigenvalue weighted by Gasteiger charge is -2.06. The largest absolute Gasteiger partial charge is 0.478 e. The van der Waals surface area contributed by atoms with Gasteiger partial charge < -0.3 is 5.11 Å². The van der Waals surface area contributed by atoms with Crippen molar-refractivity contribution in [2.75, 3.05) is 0 Å². The fraction of sp³-hybridized carbons (Fsp3) is 0.364. The third-order valence-corrected chi connectivity index (χ3v) is 2.07. The summed E-state index contributed by atoms with van der Waals surface area (Å²) < 4.78 is 0. The molecule has 0 heterocycles. The maximum absolute atomic E-state index is 10.7. The van der Waals surface area contributed by atoms with Crippen LogP contribution in [0.1, 0.15) is 29.8 Å². The summed E-state index contributed by atoms with van der Waals surface area (Å²) in [5, 5.41) is 9.30. The van der Waals surface area contributed by atoms with Gasteiger partial charge in [0, 0.05) is 5.02 Å². The van der Waals surface area contributed by atoms with Gasteiger partial charge in [0.15, 0.2) is 0 Å². The Morgan fingerprint density at radius 2 is 2.07 bits per heavy atom. The number of carbonyl (C=O) groups is 1. The van der Waals surface area contributed by atoms with Crippen LogP contribution in [0.2, 0.25) is 5.02 Å². The summed E-state index contributed by atoms with van der Waals surface area (Å²) in [4.78, 5) is 10.7. The van der Waals surface area contributed by atoms with Crippen LogP contribution in [0.4, 0.5) is 0 Å². The van der Waals surface area contributed by atoms with Crippen molar-refractivity contribution in [3.05, 3.63) is 34.3 Å². The second-order valence-electron chi connectivity index (χ2n) is 3.75. The van der Waals surface area contributed by atoms with Crippen LogP contribution in [0.3, 0.4) is 0 Å². The minimum absolute atomic E-state index is 0.258. The van der Waals surface area contributed by atoms with Gasteiger partial charge in [-0.1, -0.05) is 25.4 Å². The zero-order chi connectivity index (χ0) is 10.7. The summed E-state index contributed by atoms with van der Waals surface area (Å²) in [6.45, 7) is 4.17. The molecule has 76 valence electrons. The highest BCUT2D eigenvalue weighted by atomic mass is 35.5. The van der Waals surface area contributed by atoms with Gasteiger partial charge in [0.25, 0.3) is 0 Å². The molecule has 1 rings (SSSR count). The highest BCUT2D eigenvalue weighted by molar-refractivity contribution is 6.31. The number of hydrogen-bond acceptors (Lipinski definition) is 1. The fourth-order valence-electron chi connectivity index (χ4n) is 1.36. The molecule has 1 N–H and O–H groups in total. The predicted molar refractivity (Wildman–Crippen MR) is 57.0 cm³/mol. The molecule has 14 heavy (non-hydrogen) atoms. The van der Waals surface area contributed by atoms with E-state index in [-0.39, 0.29) is 5.56 Å². The van der Waals surface area contributed by atoms with Gasteiger partial charge in [-0.05, 0) is 36.1 Å². The van der Waals surface area contributed by atoms with E-state index < -0.39 is 5.97 Å². The summed E-state index contributed by atoms with van der Waals surface area (Å²) in [5.41, 5.74) is 1.23. The van der Waals surface area contributed by atoms with Gasteiger partial charge in [0.05, 0.1) is 5.56 Å². The standard InChI is InChI=1S/C11H13ClO2/c1-7(2)3-8-4-9(11(13)14)6-10(12)5-8/h4-7H,3H2,1-2H3,(H,13,14). The van der Waals surface area contributed by atoms with Gasteiger partial charge in [-0.3, -0.25) is 0 Å². The normalized spacial score (nSPS) is 10.6. The van der Waals surface area contributed by atoms with E-state index in [9.17, 15) is 4.79 Å². The van der Waals surface area contributed by atoms with E-state index >= 15 is 0 Å². The van der Waals surface area contributed by atoms with Crippen molar-refractivity contribution in [2.24, 2.45) is 5.92 Å². The third kappa shape index (κ3) is 3.04. The molecule has 0 spiro atoms. The number of aromatic carboxylic acids is 1. The van der Waals surface area contributed by atoms with Crippen LogP contribution in [0.15, 0.2) is 18.2 Å². The van der Waals surface area contributed by atoms with Crippen molar-refractivity contribution in [1.29, 1.82) is 0 Å². The summed E-state index contributed by atoms with van der Waals surface area (Å²) in [6, 6.07) is 4.95. The Hall–Kier alpha value is -1.02. The lowest BCUT2D eigenvalue weighted by atomic mass is 10.0. The SMILES string of the molecule is CC(C)Cc1cc(Cl)cc(C(=O)O)c1. The van der Waals surface area contributed by atoms with Crippen molar-refractivity contribution in [3.8, 4) is 0 Å². The van der Waals surface area contributed by atoms with E-state index in [0.29, 0.717) is 10.9 Å². The Morgan fingerprint density at radius 3 is 2.57 bits per heavy atom. The predicted octanol–water partition coefficient (Wildman–Crippen LogP) is 3.24. The zero-order valence-corrected chi connectivity index (χ0v) is 9.01. The van der Waals surface area contributed by atoms with E-state index in [2.05, 4.69) is 13.8 Å². The molecular formula is C11H13ClO2. The molecule has 0 aromatic heterocycles. The summed E-state index contributed by atoms with van der Waals surface area (Å²) in [5.74, 6) is -0.437. The fourth-order valence-corrected chi connectivity index (χ4v) is 1.62. The third-order valence-electron chi connectivity index (χ3n) is 1.85. The van der Waals surface area contributed by atoms with Gasteiger partial charge in [-0.15, -0.1) is 0 Å². The van der Waals surface area contributed by atoms with Crippen LogP contribution < -0.4 is 0 Å². The number of hydrogen-bond donors (Lipinski definition) is 1. The average Bonchev–Trinajstić information content (AvgIpc) is 2.01. The first-order valence-corrected chi connectivity index (χ1v) is 4.89. The number of benzene rings is 1. The monoisotopic (exact) mass is 212 g/mol. The zero-order valence-electron chi connectivity index (χ0n) is 8.25. The first-order valence-electron chi connectivity index (χ1n) is 4.52. The van der Waals surface area contributed by atoms with Crippen molar-refractivity contribution in [2.45, 2.75) is 20.3 Å². The van der Waals surface area contributed by atoms with Gasteiger partial charge >= 0.3 is 5.97 Å². The maximum Gasteiger partial charge on any atom is 0.335 e. The topological polar surface area (TPSA) is 37.3 Å². The summed E-state index contributed by atoms with van der Waals surface area (Å²) in [7, 11) is 0. The minimum Gasteiger partial charge on any atom is -0.478 e. The second kappa shape index (κ2) is 4.47. The first kappa shape index (κ1) is 11.1. The number of carboxylic acids is 1. The molecule has 0 saturated heterocycles. The summed E-state index contributed by atoms with van der Waals surface area (Å²) >= 11 is 5.81. The molecular weight excluding hydrogens is 200 g/mol. The smallest absolute Gasteiger partial charge is 0.335 e. The molecule has 0 saturated carbocycles. The number of halogens is 1. The molecule has 0 unspecified atom stereocenters. The Balaban J connectivity index is 3.01. The quantitative estimate of drug-likeness (QED) is 0.835. The highest BCUT2D eigenvalue weighted by Gasteiger charge is 2.07. The Kier molecular flexibility index (Phi) is 3.53. The van der Waals surface area contributed by atoms with Gasteiger partial charge in [-0.25, -0.2) is 4.79 Å². The minimum atomic E-state index is -0.933. The van der Waals surface area contributed by atoms with Gasteiger partial charge in [0.1, 0.15) is 0 Å². The van der Waals surface area contributed by atoms with Crippen molar-refractivity contribution in [3.63, 3.8) is 0 Å². The van der Waals surface area contributed by atoms with Crippen molar-refractivity contribution < 1.29 is 9.90 Å². The van der Waals surface area contributed by atoms with Crippen molar-refractivity contribution in [1.82, 2.24) is 0 Å². The molecule has 1 aromatic rings. The van der Waals surface area contributed by atoms with Crippen LogP contribution in [0.5, 0.6) is 0 Å². The Bertz CT molecular complexity index is 345. The van der Waals surface area contributed by atoms with E-state index in [4.69, 9.17) is 16.7 Å². The Morgan fingerprint density at radius 1 is 1.43 bits per heavy atom. The highest BCUT2D eigenvalue weighted by Crippen LogP contribution is 2.17. The maximum atomic E-state index is 10.7. The van der Waals surface area contributed by atoms with Crippen LogP contribution in [-0.2, 0) is 6.42 Å². The molecule has 0 aliphatic rings. The lowest BCUT2D eigenvalue weighted by molar-refractivity contribution is 0.0696. The average molecular weight is 213 g/mol. The first-order chi connectivity index (χ1) is 6.49. The van der Waals surface area contributed by atoms with Crippen LogP contribution in [-0.4, -0.2) is 11.1 Å². The van der Waals surface area contributed by atoms with E-state index in [1.165, 1.54) is 6.07 Å². The molecule has 0 radical (unpaired) electrons. The molecule has 0 bridgehead atoms.